The first-order valence-electron chi connectivity index (χ1n) is 7.54. The summed E-state index contributed by atoms with van der Waals surface area (Å²) in [5.41, 5.74) is 0.903. The maximum absolute atomic E-state index is 4.25. The Hall–Kier alpha value is -1.38. The highest BCUT2D eigenvalue weighted by Gasteiger charge is 2.33. The van der Waals surface area contributed by atoms with E-state index in [0.717, 1.165) is 42.7 Å². The van der Waals surface area contributed by atoms with Crippen molar-refractivity contribution in [1.29, 1.82) is 0 Å². The molecule has 1 aliphatic rings. The number of rotatable bonds is 5. The summed E-state index contributed by atoms with van der Waals surface area (Å²) in [6.45, 7) is 3.13. The van der Waals surface area contributed by atoms with Crippen molar-refractivity contribution < 1.29 is 0 Å². The number of aryl methyl sites for hydroxylation is 1. The van der Waals surface area contributed by atoms with Gasteiger partial charge in [0.15, 0.2) is 11.6 Å². The Balaban J connectivity index is 0.00000176. The summed E-state index contributed by atoms with van der Waals surface area (Å²) in [6, 6.07) is 6.54. The zero-order chi connectivity index (χ0) is 14.7. The van der Waals surface area contributed by atoms with Crippen LogP contribution < -0.4 is 10.6 Å². The number of fused-ring (bicyclic) bond motifs is 1. The second-order valence-electron chi connectivity index (χ2n) is 5.61. The highest BCUT2D eigenvalue weighted by molar-refractivity contribution is 14.0. The van der Waals surface area contributed by atoms with E-state index in [4.69, 9.17) is 0 Å². The molecule has 6 nitrogen and oxygen atoms in total. The molecule has 2 aromatic rings. The number of pyridine rings is 1. The van der Waals surface area contributed by atoms with Gasteiger partial charge in [-0.2, -0.15) is 0 Å². The van der Waals surface area contributed by atoms with Gasteiger partial charge in [0.05, 0.1) is 0 Å². The molecule has 1 saturated carbocycles. The lowest BCUT2D eigenvalue weighted by atomic mass is 10.3. The second-order valence-corrected chi connectivity index (χ2v) is 5.61. The maximum Gasteiger partial charge on any atom is 0.191 e. The predicted octanol–water partition coefficient (Wildman–Crippen LogP) is 1.85. The highest BCUT2D eigenvalue weighted by Crippen LogP contribution is 2.28. The molecule has 120 valence electrons. The zero-order valence-electron chi connectivity index (χ0n) is 13.0. The van der Waals surface area contributed by atoms with E-state index in [1.807, 2.05) is 35.8 Å². The minimum Gasteiger partial charge on any atom is -0.356 e. The van der Waals surface area contributed by atoms with Gasteiger partial charge in [-0.1, -0.05) is 13.0 Å². The normalized spacial score (nSPS) is 20.5. The average molecular weight is 414 g/mol. The van der Waals surface area contributed by atoms with Gasteiger partial charge in [0.25, 0.3) is 0 Å². The summed E-state index contributed by atoms with van der Waals surface area (Å²) in [6.07, 6.45) is 5.14. The molecule has 2 aromatic heterocycles. The van der Waals surface area contributed by atoms with E-state index < -0.39 is 0 Å². The van der Waals surface area contributed by atoms with E-state index in [-0.39, 0.29) is 24.0 Å². The van der Waals surface area contributed by atoms with Crippen molar-refractivity contribution in [2.75, 3.05) is 13.6 Å². The molecule has 0 aliphatic heterocycles. The third-order valence-electron chi connectivity index (χ3n) is 3.91. The molecule has 0 bridgehead atoms. The molecule has 22 heavy (non-hydrogen) atoms. The SMILES string of the molecule is CN=C(NCCCc1nnc2ccccn12)NC1CC1C.I. The molecule has 0 spiro atoms. The van der Waals surface area contributed by atoms with Gasteiger partial charge in [0, 0.05) is 32.3 Å². The van der Waals surface area contributed by atoms with E-state index in [9.17, 15) is 0 Å². The third-order valence-corrected chi connectivity index (χ3v) is 3.91. The molecule has 2 unspecified atom stereocenters. The molecule has 7 heteroatoms. The second kappa shape index (κ2) is 7.75. The summed E-state index contributed by atoms with van der Waals surface area (Å²) in [4.78, 5) is 4.25. The third kappa shape index (κ3) is 4.08. The van der Waals surface area contributed by atoms with Gasteiger partial charge in [-0.3, -0.25) is 9.39 Å². The first-order valence-corrected chi connectivity index (χ1v) is 7.54. The lowest BCUT2D eigenvalue weighted by Crippen LogP contribution is -2.39. The van der Waals surface area contributed by atoms with Crippen LogP contribution >= 0.6 is 24.0 Å². The van der Waals surface area contributed by atoms with Gasteiger partial charge in [-0.05, 0) is 30.9 Å². The number of hydrogen-bond donors (Lipinski definition) is 2. The number of aliphatic imine (C=N–C) groups is 1. The van der Waals surface area contributed by atoms with E-state index >= 15 is 0 Å². The molecule has 2 N–H and O–H groups in total. The van der Waals surface area contributed by atoms with Gasteiger partial charge in [-0.25, -0.2) is 0 Å². The van der Waals surface area contributed by atoms with Crippen molar-refractivity contribution in [3.8, 4) is 0 Å². The molecule has 3 rings (SSSR count). The molecule has 0 radical (unpaired) electrons. The molecule has 0 amide bonds. The fourth-order valence-corrected chi connectivity index (χ4v) is 2.41. The Bertz CT molecular complexity index is 638. The quantitative estimate of drug-likeness (QED) is 0.339. The number of halogens is 1. The minimum atomic E-state index is 0. The molecule has 1 aliphatic carbocycles. The van der Waals surface area contributed by atoms with Gasteiger partial charge in [-0.15, -0.1) is 34.2 Å². The molecule has 1 fully saturated rings. The van der Waals surface area contributed by atoms with Gasteiger partial charge in [0.2, 0.25) is 0 Å². The van der Waals surface area contributed by atoms with Crippen LogP contribution in [0.15, 0.2) is 29.4 Å². The Kier molecular flexibility index (Phi) is 5.98. The standard InChI is InChI=1S/C15H22N6.HI/c1-11-10-12(11)18-15(16-2)17-8-5-7-14-20-19-13-6-3-4-9-21(13)14;/h3-4,6,9,11-12H,5,7-8,10H2,1-2H3,(H2,16,17,18);1H. The van der Waals surface area contributed by atoms with Crippen LogP contribution in [-0.2, 0) is 6.42 Å². The van der Waals surface area contributed by atoms with Crippen molar-refractivity contribution in [2.45, 2.75) is 32.2 Å². The highest BCUT2D eigenvalue weighted by atomic mass is 127. The van der Waals surface area contributed by atoms with Gasteiger partial charge >= 0.3 is 0 Å². The van der Waals surface area contributed by atoms with Crippen LogP contribution in [0, 0.1) is 5.92 Å². The largest absolute Gasteiger partial charge is 0.356 e. The van der Waals surface area contributed by atoms with Crippen LogP contribution in [0.2, 0.25) is 0 Å². The monoisotopic (exact) mass is 414 g/mol. The van der Waals surface area contributed by atoms with Crippen molar-refractivity contribution >= 4 is 35.6 Å². The lowest BCUT2D eigenvalue weighted by Gasteiger charge is -2.11. The number of guanidine groups is 1. The van der Waals surface area contributed by atoms with Gasteiger partial charge in [0.1, 0.15) is 5.82 Å². The topological polar surface area (TPSA) is 66.6 Å². The van der Waals surface area contributed by atoms with Crippen LogP contribution in [-0.4, -0.2) is 40.2 Å². The maximum atomic E-state index is 4.25. The van der Waals surface area contributed by atoms with E-state index in [1.54, 1.807) is 0 Å². The Labute approximate surface area is 147 Å². The molecular weight excluding hydrogens is 391 g/mol. The van der Waals surface area contributed by atoms with Crippen LogP contribution in [0.4, 0.5) is 0 Å². The summed E-state index contributed by atoms with van der Waals surface area (Å²) < 4.78 is 2.04. The van der Waals surface area contributed by atoms with Crippen molar-refractivity contribution in [2.24, 2.45) is 10.9 Å². The lowest BCUT2D eigenvalue weighted by molar-refractivity contribution is 0.705. The Morgan fingerprint density at radius 2 is 2.23 bits per heavy atom. The van der Waals surface area contributed by atoms with Crippen molar-refractivity contribution in [1.82, 2.24) is 25.2 Å². The van der Waals surface area contributed by atoms with Gasteiger partial charge < -0.3 is 10.6 Å². The average Bonchev–Trinajstić information content (AvgIpc) is 3.05. The molecule has 2 heterocycles. The van der Waals surface area contributed by atoms with Crippen LogP contribution in [0.25, 0.3) is 5.65 Å². The van der Waals surface area contributed by atoms with Crippen molar-refractivity contribution in [3.63, 3.8) is 0 Å². The summed E-state index contributed by atoms with van der Waals surface area (Å²) in [5, 5.41) is 15.2. The number of hydrogen-bond acceptors (Lipinski definition) is 3. The number of nitrogens with zero attached hydrogens (tertiary/aromatic N) is 4. The Morgan fingerprint density at radius 1 is 1.41 bits per heavy atom. The van der Waals surface area contributed by atoms with E-state index in [1.165, 1.54) is 6.42 Å². The Morgan fingerprint density at radius 3 is 2.95 bits per heavy atom. The first kappa shape index (κ1) is 17.0. The van der Waals surface area contributed by atoms with Crippen LogP contribution in [0.3, 0.4) is 0 Å². The number of aromatic nitrogens is 3. The first-order chi connectivity index (χ1) is 10.3. The molecule has 0 saturated heterocycles. The van der Waals surface area contributed by atoms with E-state index in [2.05, 4.69) is 32.7 Å². The fraction of sp³-hybridized carbons (Fsp3) is 0.533. The molecular formula is C15H23IN6. The summed E-state index contributed by atoms with van der Waals surface area (Å²) in [7, 11) is 1.81. The van der Waals surface area contributed by atoms with Crippen LogP contribution in [0.1, 0.15) is 25.6 Å². The zero-order valence-corrected chi connectivity index (χ0v) is 15.3. The molecule has 0 aromatic carbocycles. The summed E-state index contributed by atoms with van der Waals surface area (Å²) in [5.74, 6) is 2.67. The number of nitrogens with one attached hydrogen (secondary N) is 2. The minimum absolute atomic E-state index is 0. The van der Waals surface area contributed by atoms with E-state index in [0.29, 0.717) is 6.04 Å². The van der Waals surface area contributed by atoms with Crippen LogP contribution in [0.5, 0.6) is 0 Å². The summed E-state index contributed by atoms with van der Waals surface area (Å²) >= 11 is 0. The molecule has 2 atom stereocenters. The fourth-order valence-electron chi connectivity index (χ4n) is 2.41. The predicted molar refractivity (Wildman–Crippen MR) is 98.8 cm³/mol. The van der Waals surface area contributed by atoms with Crippen molar-refractivity contribution in [3.05, 3.63) is 30.2 Å². The smallest absolute Gasteiger partial charge is 0.191 e.